The number of hydrogen-bond acceptors (Lipinski definition) is 6. The van der Waals surface area contributed by atoms with Crippen molar-refractivity contribution in [3.63, 3.8) is 0 Å². The number of oxime groups is 1. The molecule has 8 heteroatoms. The predicted octanol–water partition coefficient (Wildman–Crippen LogP) is 5.24. The zero-order valence-corrected chi connectivity index (χ0v) is 25.1. The molecule has 4 fully saturated rings. The summed E-state index contributed by atoms with van der Waals surface area (Å²) < 4.78 is 5.77. The van der Waals surface area contributed by atoms with Crippen LogP contribution in [-0.4, -0.2) is 58.3 Å². The Kier molecular flexibility index (Phi) is 7.92. The molecule has 0 aromatic rings. The highest BCUT2D eigenvalue weighted by molar-refractivity contribution is 5.96. The van der Waals surface area contributed by atoms with Gasteiger partial charge in [-0.25, -0.2) is 0 Å². The van der Waals surface area contributed by atoms with E-state index in [4.69, 9.17) is 9.57 Å². The van der Waals surface area contributed by atoms with Gasteiger partial charge in [0.15, 0.2) is 6.61 Å². The summed E-state index contributed by atoms with van der Waals surface area (Å²) in [5.74, 6) is 0.699. The Morgan fingerprint density at radius 1 is 1.07 bits per heavy atom. The number of aliphatic hydroxyl groups is 1. The largest absolute Gasteiger partial charge is 0.481 e. The fourth-order valence-corrected chi connectivity index (χ4v) is 9.45. The lowest BCUT2D eigenvalue weighted by molar-refractivity contribution is -0.139. The molecule has 4 aliphatic carbocycles. The molecule has 1 heterocycles. The van der Waals surface area contributed by atoms with Gasteiger partial charge in [-0.3, -0.25) is 9.59 Å². The molecule has 40 heavy (non-hydrogen) atoms. The maximum atomic E-state index is 12.7. The van der Waals surface area contributed by atoms with Crippen LogP contribution in [0.1, 0.15) is 105 Å². The molecule has 8 atom stereocenters. The zero-order valence-electron chi connectivity index (χ0n) is 25.1. The number of allylic oxidation sites excluding steroid dienone is 2. The molecule has 5 aliphatic rings. The number of ether oxygens (including phenoxy) is 1. The van der Waals surface area contributed by atoms with E-state index in [1.54, 1.807) is 0 Å². The molecular weight excluding hydrogens is 508 g/mol. The summed E-state index contributed by atoms with van der Waals surface area (Å²) in [6.07, 6.45) is 11.9. The van der Waals surface area contributed by atoms with E-state index < -0.39 is 17.6 Å². The van der Waals surface area contributed by atoms with Crippen LogP contribution in [0.3, 0.4) is 0 Å². The molecule has 3 saturated carbocycles. The molecule has 0 spiro atoms. The van der Waals surface area contributed by atoms with Gasteiger partial charge in [-0.15, -0.1) is 0 Å². The summed E-state index contributed by atoms with van der Waals surface area (Å²) in [6, 6.07) is -0.460. The van der Waals surface area contributed by atoms with Gasteiger partial charge in [-0.05, 0) is 126 Å². The lowest BCUT2D eigenvalue weighted by Crippen LogP contribution is -2.53. The van der Waals surface area contributed by atoms with Crippen molar-refractivity contribution in [3.05, 3.63) is 11.6 Å². The van der Waals surface area contributed by atoms with E-state index in [1.165, 1.54) is 18.4 Å². The molecule has 3 N–H and O–H groups in total. The molecule has 5 rings (SSSR count). The minimum atomic E-state index is -0.928. The van der Waals surface area contributed by atoms with E-state index in [2.05, 4.69) is 37.3 Å². The van der Waals surface area contributed by atoms with Crippen molar-refractivity contribution in [3.8, 4) is 0 Å². The maximum absolute atomic E-state index is 12.7. The first-order valence-corrected chi connectivity index (χ1v) is 15.5. The number of carbonyl (C=O) groups is 2. The van der Waals surface area contributed by atoms with Crippen molar-refractivity contribution in [2.75, 3.05) is 13.2 Å². The van der Waals surface area contributed by atoms with E-state index in [0.29, 0.717) is 30.8 Å². The first kappa shape index (κ1) is 29.6. The highest BCUT2D eigenvalue weighted by Gasteiger charge is 2.62. The number of rotatable bonds is 7. The molecule has 224 valence electrons. The smallest absolute Gasteiger partial charge is 0.305 e. The fraction of sp³-hybridized carbons (Fsp3) is 0.844. The number of aliphatic carboxylic acids is 1. The highest BCUT2D eigenvalue weighted by atomic mass is 16.6. The van der Waals surface area contributed by atoms with E-state index in [-0.39, 0.29) is 41.3 Å². The van der Waals surface area contributed by atoms with Crippen molar-refractivity contribution in [1.29, 1.82) is 0 Å². The van der Waals surface area contributed by atoms with Gasteiger partial charge in [0.05, 0.1) is 23.3 Å². The third-order valence-corrected chi connectivity index (χ3v) is 12.0. The molecule has 0 unspecified atom stereocenters. The summed E-state index contributed by atoms with van der Waals surface area (Å²) in [7, 11) is 0. The monoisotopic (exact) mass is 558 g/mol. The summed E-state index contributed by atoms with van der Waals surface area (Å²) >= 11 is 0. The summed E-state index contributed by atoms with van der Waals surface area (Å²) in [5.41, 5.74) is 1.66. The van der Waals surface area contributed by atoms with Crippen LogP contribution in [0.4, 0.5) is 0 Å². The average Bonchev–Trinajstić information content (AvgIpc) is 3.11. The number of carbonyl (C=O) groups excluding carboxylic acids is 1. The number of fused-ring (bicyclic) bond motifs is 5. The van der Waals surface area contributed by atoms with Gasteiger partial charge in [-0.2, -0.15) is 0 Å². The Morgan fingerprint density at radius 3 is 2.55 bits per heavy atom. The summed E-state index contributed by atoms with van der Waals surface area (Å²) in [6.45, 7) is 11.2. The number of carboxylic acid groups (broad SMARTS) is 1. The van der Waals surface area contributed by atoms with Gasteiger partial charge < -0.3 is 25.1 Å². The minimum Gasteiger partial charge on any atom is -0.481 e. The molecule has 1 amide bonds. The zero-order chi connectivity index (χ0) is 28.9. The van der Waals surface area contributed by atoms with Gasteiger partial charge in [0.25, 0.3) is 5.91 Å². The Hall–Kier alpha value is -1.93. The van der Waals surface area contributed by atoms with E-state index in [9.17, 15) is 19.8 Å². The lowest BCUT2D eigenvalue weighted by Gasteiger charge is -2.59. The molecule has 0 aromatic carbocycles. The SMILES string of the molecule is CC1(C)C[C@H]([C@@H](CC(=O)O)NC(=O)CO/N=C2\C=C3CC[C@H]4[C@H]5CC[C@](C)(O)[C@@]5(C)CC[C@@H]4[C@@]3(C)CC2)CCO1. The van der Waals surface area contributed by atoms with E-state index >= 15 is 0 Å². The number of nitrogens with zero attached hydrogens (tertiary/aromatic N) is 1. The normalized spacial score (nSPS) is 42.1. The highest BCUT2D eigenvalue weighted by Crippen LogP contribution is 2.67. The molecule has 0 aromatic heterocycles. The molecule has 1 aliphatic heterocycles. The Morgan fingerprint density at radius 2 is 1.82 bits per heavy atom. The van der Waals surface area contributed by atoms with Crippen LogP contribution in [0, 0.1) is 34.5 Å². The van der Waals surface area contributed by atoms with E-state index in [1.807, 2.05) is 13.8 Å². The maximum Gasteiger partial charge on any atom is 0.305 e. The fourth-order valence-electron chi connectivity index (χ4n) is 9.45. The second kappa shape index (κ2) is 10.7. The third kappa shape index (κ3) is 5.47. The molecule has 8 nitrogen and oxygen atoms in total. The van der Waals surface area contributed by atoms with Gasteiger partial charge >= 0.3 is 5.97 Å². The number of amides is 1. The van der Waals surface area contributed by atoms with Crippen LogP contribution in [0.15, 0.2) is 16.8 Å². The van der Waals surface area contributed by atoms with Crippen molar-refractivity contribution in [2.45, 2.75) is 122 Å². The molecule has 0 bridgehead atoms. The van der Waals surface area contributed by atoms with Crippen LogP contribution >= 0.6 is 0 Å². The minimum absolute atomic E-state index is 0.0336. The second-order valence-corrected chi connectivity index (χ2v) is 14.8. The summed E-state index contributed by atoms with van der Waals surface area (Å²) in [5, 5.41) is 27.8. The Labute approximate surface area is 239 Å². The molecule has 0 radical (unpaired) electrons. The van der Waals surface area contributed by atoms with Crippen molar-refractivity contribution in [1.82, 2.24) is 5.32 Å². The van der Waals surface area contributed by atoms with Gasteiger partial charge in [0, 0.05) is 12.6 Å². The number of hydrogen-bond donors (Lipinski definition) is 3. The number of nitrogens with one attached hydrogen (secondary N) is 1. The quantitative estimate of drug-likeness (QED) is 0.368. The number of carboxylic acids is 1. The predicted molar refractivity (Wildman–Crippen MR) is 153 cm³/mol. The van der Waals surface area contributed by atoms with Gasteiger partial charge in [-0.1, -0.05) is 24.6 Å². The Balaban J connectivity index is 1.19. The van der Waals surface area contributed by atoms with Crippen molar-refractivity contribution < 1.29 is 29.4 Å². The van der Waals surface area contributed by atoms with Crippen molar-refractivity contribution in [2.24, 2.45) is 39.7 Å². The first-order chi connectivity index (χ1) is 18.7. The first-order valence-electron chi connectivity index (χ1n) is 15.5. The van der Waals surface area contributed by atoms with Crippen LogP contribution in [-0.2, 0) is 19.2 Å². The average molecular weight is 559 g/mol. The summed E-state index contributed by atoms with van der Waals surface area (Å²) in [4.78, 5) is 29.7. The standard InChI is InChI=1S/C32H50N2O6/c1-29(2)18-20(11-15-39-29)26(17-28(36)37)33-27(35)19-40-34-22-8-12-30(3)21(16-22)6-7-23-24(30)9-13-31(4)25(23)10-14-32(31,5)38/h16,20,23-26,38H,6-15,17-19H2,1-5H3,(H,33,35)(H,36,37)/b34-22-/t20-,23-,24+,25-,26-,30+,31+,32+/m1/s1. The van der Waals surface area contributed by atoms with Gasteiger partial charge in [0.1, 0.15) is 0 Å². The third-order valence-electron chi connectivity index (χ3n) is 12.0. The van der Waals surface area contributed by atoms with Gasteiger partial charge in [0.2, 0.25) is 0 Å². The molecular formula is C32H50N2O6. The topological polar surface area (TPSA) is 117 Å². The van der Waals surface area contributed by atoms with E-state index in [0.717, 1.165) is 50.7 Å². The van der Waals surface area contributed by atoms with Crippen molar-refractivity contribution >= 4 is 17.6 Å². The van der Waals surface area contributed by atoms with Crippen LogP contribution in [0.2, 0.25) is 0 Å². The Bertz CT molecular complexity index is 1070. The van der Waals surface area contributed by atoms with Crippen LogP contribution in [0.25, 0.3) is 0 Å². The van der Waals surface area contributed by atoms with Crippen LogP contribution in [0.5, 0.6) is 0 Å². The second-order valence-electron chi connectivity index (χ2n) is 14.8. The van der Waals surface area contributed by atoms with Crippen LogP contribution < -0.4 is 5.32 Å². The lowest BCUT2D eigenvalue weighted by atomic mass is 9.46. The molecule has 1 saturated heterocycles.